The number of ether oxygens (including phenoxy) is 3. The Morgan fingerprint density at radius 2 is 0.944 bits per heavy atom. The molecule has 2 aliphatic heterocycles. The number of phenols is 1. The Morgan fingerprint density at radius 3 is 1.30 bits per heavy atom. The van der Waals surface area contributed by atoms with Crippen molar-refractivity contribution in [2.75, 3.05) is 33.3 Å². The van der Waals surface area contributed by atoms with Gasteiger partial charge in [0, 0.05) is 48.2 Å². The third-order valence-electron chi connectivity index (χ3n) is 14.3. The van der Waals surface area contributed by atoms with Crippen molar-refractivity contribution in [2.45, 2.75) is 63.7 Å². The fraction of sp³-hybridized carbons (Fsp3) is 0.208. The summed E-state index contributed by atoms with van der Waals surface area (Å²) in [6, 6.07) is 64.4. The Balaban J connectivity index is 0.000000374. The number of aromatic hydroxyl groups is 1. The van der Waals surface area contributed by atoms with E-state index >= 15 is 0 Å². The number of carbonyl (C=O) groups excluding carboxylic acids is 5. The van der Waals surface area contributed by atoms with Crippen LogP contribution in [0, 0.1) is 37.5 Å². The molecule has 8 aromatic rings. The van der Waals surface area contributed by atoms with Crippen LogP contribution in [0.5, 0.6) is 11.5 Å². The van der Waals surface area contributed by atoms with Crippen molar-refractivity contribution < 1.29 is 163 Å². The molecular weight excluding hydrogens is 1250 g/mol. The Hall–Kier alpha value is -6.53. The van der Waals surface area contributed by atoms with Gasteiger partial charge in [0.15, 0.2) is 0 Å². The molecule has 0 aliphatic carbocycles. The predicted octanol–water partition coefficient (Wildman–Crippen LogP) is 5.22. The molecule has 17 heteroatoms. The maximum absolute atomic E-state index is 14.3. The van der Waals surface area contributed by atoms with Crippen LogP contribution in [0.3, 0.4) is 0 Å². The van der Waals surface area contributed by atoms with Crippen molar-refractivity contribution in [1.82, 2.24) is 9.80 Å². The molecule has 0 fully saturated rings. The van der Waals surface area contributed by atoms with Gasteiger partial charge in [0.25, 0.3) is 6.47 Å². The number of esters is 2. The number of rotatable bonds is 11. The van der Waals surface area contributed by atoms with Crippen LogP contribution in [0.15, 0.2) is 206 Å². The van der Waals surface area contributed by atoms with Crippen LogP contribution in [0.4, 0.5) is 4.39 Å². The van der Waals surface area contributed by atoms with E-state index in [0.717, 1.165) is 66.5 Å². The van der Waals surface area contributed by atoms with Gasteiger partial charge in [-0.3, -0.25) is 18.8 Å². The second-order valence-corrected chi connectivity index (χ2v) is 20.2. The minimum Gasteiger partial charge on any atom is -1.00 e. The third kappa shape index (κ3) is 21.3. The summed E-state index contributed by atoms with van der Waals surface area (Å²) in [4.78, 5) is 68.6. The van der Waals surface area contributed by atoms with Crippen LogP contribution < -0.4 is 113 Å². The molecular formula is C72H68BrFK2N2O11. The van der Waals surface area contributed by atoms with Crippen LogP contribution in [0.25, 0.3) is 0 Å². The summed E-state index contributed by atoms with van der Waals surface area (Å²) < 4.78 is 31.9. The van der Waals surface area contributed by atoms with Gasteiger partial charge in [-0.25, -0.2) is 9.59 Å². The molecule has 0 radical (unpaired) electrons. The van der Waals surface area contributed by atoms with Gasteiger partial charge in [0.2, 0.25) is 11.8 Å². The van der Waals surface area contributed by atoms with Gasteiger partial charge in [-0.2, -0.15) is 0 Å². The molecule has 0 saturated heterocycles. The van der Waals surface area contributed by atoms with E-state index in [1.165, 1.54) is 14.2 Å². The Bertz CT molecular complexity index is 3600. The second-order valence-electron chi connectivity index (χ2n) is 19.6. The molecule has 0 spiro atoms. The zero-order valence-electron chi connectivity index (χ0n) is 52.6. The van der Waals surface area contributed by atoms with Crippen molar-refractivity contribution in [3.63, 3.8) is 0 Å². The smallest absolute Gasteiger partial charge is 1.00 e. The van der Waals surface area contributed by atoms with E-state index in [1.54, 1.807) is 9.80 Å². The predicted molar refractivity (Wildman–Crippen MR) is 335 cm³/mol. The van der Waals surface area contributed by atoms with Crippen molar-refractivity contribution in [3.05, 3.63) is 273 Å². The number of aryl methyl sites for hydroxylation is 2. The number of amides is 2. The zero-order valence-corrected chi connectivity index (χ0v) is 58.5. The zero-order chi connectivity index (χ0) is 63.2. The van der Waals surface area contributed by atoms with Gasteiger partial charge in [-0.1, -0.05) is 222 Å². The largest absolute Gasteiger partial charge is 1.00 e. The van der Waals surface area contributed by atoms with E-state index in [-0.39, 0.29) is 154 Å². The van der Waals surface area contributed by atoms with E-state index in [9.17, 15) is 28.7 Å². The summed E-state index contributed by atoms with van der Waals surface area (Å²) in [6.07, 6.45) is 0.519. The molecule has 10 rings (SSSR count). The summed E-state index contributed by atoms with van der Waals surface area (Å²) in [5.74, 6) is 10.7. The molecule has 2 aliphatic rings. The number of fused-ring (bicyclic) bond motifs is 2. The SMILES string of the molecule is BrCC#Cc1ccccc1.COC(=O)[C@@H]1Cc2c(ccc(C)c2O)CN1C(=O)C(c1ccccc1)c1ccccc1.COC(=O)[C@@H]1Cc2c(ccc(C)c2OCC#Cc2ccccc2)CN1C(=O)C(c1ccccc1)c1ccccc1.O=CO[O-].[2H]CF.[H-].[K+].[K+]. The quantitative estimate of drug-likeness (QED) is 0.0343. The molecule has 0 aromatic heterocycles. The van der Waals surface area contributed by atoms with Crippen LogP contribution >= 0.6 is 15.9 Å². The first-order valence-corrected chi connectivity index (χ1v) is 28.7. The number of nitrogens with zero attached hydrogens (tertiary/aromatic N) is 2. The van der Waals surface area contributed by atoms with Gasteiger partial charge in [0.1, 0.15) is 30.2 Å². The number of benzene rings is 8. The number of carbonyl (C=O) groups is 5. The van der Waals surface area contributed by atoms with E-state index in [1.807, 2.05) is 220 Å². The van der Waals surface area contributed by atoms with E-state index in [0.29, 0.717) is 17.7 Å². The molecule has 448 valence electrons. The second kappa shape index (κ2) is 40.3. The molecule has 13 nitrogen and oxygen atoms in total. The molecule has 8 aromatic carbocycles. The minimum atomic E-state index is -1.00. The molecule has 2 heterocycles. The molecule has 0 saturated carbocycles. The van der Waals surface area contributed by atoms with Crippen molar-refractivity contribution in [3.8, 4) is 35.2 Å². The Morgan fingerprint density at radius 1 is 0.607 bits per heavy atom. The number of methoxy groups -OCH3 is 2. The topological polar surface area (TPSA) is 172 Å². The third-order valence-corrected chi connectivity index (χ3v) is 14.6. The Labute approximate surface area is 617 Å². The molecule has 0 bridgehead atoms. The average Bonchev–Trinajstić information content (AvgIpc) is 0.802. The van der Waals surface area contributed by atoms with Gasteiger partial charge >= 0.3 is 115 Å². The summed E-state index contributed by atoms with van der Waals surface area (Å²) >= 11 is 3.23. The number of hydrogen-bond acceptors (Lipinski definition) is 11. The number of alkyl halides is 2. The first-order valence-electron chi connectivity index (χ1n) is 28.3. The fourth-order valence-electron chi connectivity index (χ4n) is 10.2. The Kier molecular flexibility index (Phi) is 33.1. The van der Waals surface area contributed by atoms with Crippen LogP contribution in [-0.2, 0) is 64.3 Å². The maximum Gasteiger partial charge on any atom is 1.00 e. The van der Waals surface area contributed by atoms with Gasteiger partial charge in [-0.15, -0.1) is 0 Å². The summed E-state index contributed by atoms with van der Waals surface area (Å²) in [6.45, 7) is 4.34. The van der Waals surface area contributed by atoms with E-state index in [2.05, 4.69) is 44.5 Å². The summed E-state index contributed by atoms with van der Waals surface area (Å²) in [7, 11) is 1.68. The summed E-state index contributed by atoms with van der Waals surface area (Å²) in [5, 5.41) is 19.7. The van der Waals surface area contributed by atoms with E-state index in [4.69, 9.17) is 25.6 Å². The monoisotopic (exact) mass is 1310 g/mol. The number of hydrogen-bond donors (Lipinski definition) is 1. The average molecular weight is 1320 g/mol. The number of phenolic OH excluding ortho intramolecular Hbond substituents is 1. The van der Waals surface area contributed by atoms with Gasteiger partial charge < -0.3 is 40.7 Å². The van der Waals surface area contributed by atoms with Crippen LogP contribution in [0.2, 0.25) is 0 Å². The standard InChI is InChI=1S/C35H31NO4.C26H25NO4.C9H7Br.CH3F.CH2O3.2K.H/c1-25-20-21-29-24-36(34(37)32(27-16-8-4-9-17-27)28-18-10-5-11-19-28)31(35(38)39-2)23-30(29)33(25)40-22-12-15-26-13-6-3-7-14-26;1-17-13-14-20-16-27(22(26(30)31-2)15-21(20)24(17)28)25(29)23(18-9-5-3-6-10-18)19-11-7-4-8-12-19;10-8-4-7-9-5-2-1-3-6-9;1-2;2-1-4-3;;;/h3-11,13-14,16-21,31-32H,22-24H2,1-2H3;3-14,22-23,28H,15-16H2,1-2H3;1-3,5-6H,8H2;1H3;1,3H;;;/q;;;;;2*+1;-1/p-1/t31-;22-;;;;;;/m00....../s1/i;;;1D;;;;. The number of halogens is 2. The molecule has 0 unspecified atom stereocenters. The van der Waals surface area contributed by atoms with Crippen molar-refractivity contribution in [1.29, 1.82) is 0 Å². The molecule has 89 heavy (non-hydrogen) atoms. The molecule has 2 amide bonds. The van der Waals surface area contributed by atoms with Crippen molar-refractivity contribution in [2.24, 2.45) is 0 Å². The van der Waals surface area contributed by atoms with Gasteiger partial charge in [0.05, 0.1) is 39.9 Å². The summed E-state index contributed by atoms with van der Waals surface area (Å²) in [5.41, 5.74) is 10.6. The minimum absolute atomic E-state index is 0. The molecule has 2 atom stereocenters. The first-order chi connectivity index (χ1) is 42.8. The van der Waals surface area contributed by atoms with Crippen molar-refractivity contribution >= 4 is 46.2 Å². The normalized spacial score (nSPS) is 13.1. The maximum atomic E-state index is 14.3. The van der Waals surface area contributed by atoms with E-state index < -0.39 is 43.0 Å². The molecule has 1 N–H and O–H groups in total. The van der Waals surface area contributed by atoms with Crippen LogP contribution in [-0.4, -0.2) is 90.5 Å². The fourth-order valence-corrected chi connectivity index (χ4v) is 10.3. The first kappa shape index (κ1) is 73.2. The van der Waals surface area contributed by atoms with Crippen LogP contribution in [0.1, 0.15) is 81.4 Å². The van der Waals surface area contributed by atoms with Gasteiger partial charge in [-0.05, 0) is 82.6 Å².